The molecule has 112 valence electrons. The summed E-state index contributed by atoms with van der Waals surface area (Å²) < 4.78 is 27.5. The molecule has 0 radical (unpaired) electrons. The molecule has 1 aliphatic rings. The molecule has 4 nitrogen and oxygen atoms in total. The molecule has 1 saturated carbocycles. The van der Waals surface area contributed by atoms with Gasteiger partial charge in [-0.3, -0.25) is 0 Å². The molecule has 1 aromatic carbocycles. The van der Waals surface area contributed by atoms with Gasteiger partial charge in [-0.1, -0.05) is 31.9 Å². The van der Waals surface area contributed by atoms with Crippen molar-refractivity contribution in [2.45, 2.75) is 56.6 Å². The Hall–Kier alpha value is -0.910. The molecule has 2 atom stereocenters. The lowest BCUT2D eigenvalue weighted by Crippen LogP contribution is -2.34. The van der Waals surface area contributed by atoms with Crippen molar-refractivity contribution in [2.75, 3.05) is 0 Å². The summed E-state index contributed by atoms with van der Waals surface area (Å²) in [6.07, 6.45) is 5.17. The van der Waals surface area contributed by atoms with E-state index in [9.17, 15) is 8.42 Å². The molecule has 2 rings (SSSR count). The number of aliphatic hydroxyl groups is 1. The van der Waals surface area contributed by atoms with Gasteiger partial charge in [0, 0.05) is 6.04 Å². The molecule has 5 heteroatoms. The maximum Gasteiger partial charge on any atom is 0.240 e. The van der Waals surface area contributed by atoms with E-state index in [1.54, 1.807) is 24.3 Å². The molecule has 0 aliphatic heterocycles. The van der Waals surface area contributed by atoms with Crippen LogP contribution in [0.25, 0.3) is 0 Å². The Kier molecular flexibility index (Phi) is 5.18. The van der Waals surface area contributed by atoms with Gasteiger partial charge in [0.25, 0.3) is 0 Å². The van der Waals surface area contributed by atoms with Crippen LogP contribution in [0.3, 0.4) is 0 Å². The number of nitrogens with one attached hydrogen (secondary N) is 1. The third-order valence-corrected chi connectivity index (χ3v) is 5.53. The molecular weight excluding hydrogens is 274 g/mol. The lowest BCUT2D eigenvalue weighted by atomic mass is 10.0. The van der Waals surface area contributed by atoms with Gasteiger partial charge in [-0.25, -0.2) is 13.1 Å². The summed E-state index contributed by atoms with van der Waals surface area (Å²) in [6, 6.07) is 6.43. The number of sulfonamides is 1. The average Bonchev–Trinajstić information content (AvgIpc) is 2.63. The van der Waals surface area contributed by atoms with E-state index in [1.165, 1.54) is 6.42 Å². The van der Waals surface area contributed by atoms with Crippen LogP contribution in [0, 0.1) is 5.92 Å². The lowest BCUT2D eigenvalue weighted by molar-refractivity contribution is 0.282. The smallest absolute Gasteiger partial charge is 0.240 e. The van der Waals surface area contributed by atoms with Crippen molar-refractivity contribution in [1.29, 1.82) is 0 Å². The van der Waals surface area contributed by atoms with Gasteiger partial charge < -0.3 is 5.11 Å². The third-order valence-electron chi connectivity index (χ3n) is 4.00. The lowest BCUT2D eigenvalue weighted by Gasteiger charge is -2.16. The molecule has 1 aliphatic carbocycles. The zero-order valence-electron chi connectivity index (χ0n) is 11.9. The highest BCUT2D eigenvalue weighted by Gasteiger charge is 2.22. The first-order valence-electron chi connectivity index (χ1n) is 7.23. The second-order valence-electron chi connectivity index (χ2n) is 5.73. The zero-order valence-corrected chi connectivity index (χ0v) is 12.7. The van der Waals surface area contributed by atoms with E-state index in [0.717, 1.165) is 25.7 Å². The average molecular weight is 297 g/mol. The summed E-state index contributed by atoms with van der Waals surface area (Å²) in [7, 11) is -3.45. The van der Waals surface area contributed by atoms with Crippen molar-refractivity contribution in [2.24, 2.45) is 5.92 Å². The van der Waals surface area contributed by atoms with Gasteiger partial charge in [0.15, 0.2) is 0 Å². The molecule has 1 aromatic rings. The van der Waals surface area contributed by atoms with Crippen LogP contribution >= 0.6 is 0 Å². The maximum atomic E-state index is 12.3. The van der Waals surface area contributed by atoms with Gasteiger partial charge in [0.2, 0.25) is 10.0 Å². The van der Waals surface area contributed by atoms with Crippen LogP contribution in [-0.2, 0) is 16.6 Å². The number of benzene rings is 1. The quantitative estimate of drug-likeness (QED) is 0.839. The number of rotatable bonds is 4. The van der Waals surface area contributed by atoms with Gasteiger partial charge in [-0.15, -0.1) is 0 Å². The Morgan fingerprint density at radius 1 is 1.15 bits per heavy atom. The first-order valence-corrected chi connectivity index (χ1v) is 8.71. The molecule has 0 amide bonds. The van der Waals surface area contributed by atoms with E-state index in [2.05, 4.69) is 11.6 Å². The van der Waals surface area contributed by atoms with Gasteiger partial charge in [-0.05, 0) is 42.9 Å². The number of hydrogen-bond donors (Lipinski definition) is 2. The molecular formula is C15H23NO3S. The monoisotopic (exact) mass is 297 g/mol. The minimum absolute atomic E-state index is 0.0440. The van der Waals surface area contributed by atoms with Crippen molar-refractivity contribution < 1.29 is 13.5 Å². The van der Waals surface area contributed by atoms with Crippen molar-refractivity contribution in [3.05, 3.63) is 29.8 Å². The Labute approximate surface area is 121 Å². The van der Waals surface area contributed by atoms with Crippen molar-refractivity contribution in [1.82, 2.24) is 4.72 Å². The molecule has 0 saturated heterocycles. The molecule has 2 N–H and O–H groups in total. The Balaban J connectivity index is 2.05. The van der Waals surface area contributed by atoms with Gasteiger partial charge in [0.1, 0.15) is 0 Å². The summed E-state index contributed by atoms with van der Waals surface area (Å²) in [5.41, 5.74) is 0.715. The fourth-order valence-corrected chi connectivity index (χ4v) is 3.97. The highest BCUT2D eigenvalue weighted by atomic mass is 32.2. The second-order valence-corrected chi connectivity index (χ2v) is 7.45. The zero-order chi connectivity index (χ0) is 14.6. The summed E-state index contributed by atoms with van der Waals surface area (Å²) in [5.74, 6) is 0.688. The van der Waals surface area contributed by atoms with Crippen molar-refractivity contribution in [3.63, 3.8) is 0 Å². The van der Waals surface area contributed by atoms with Crippen LogP contribution in [-0.4, -0.2) is 19.6 Å². The topological polar surface area (TPSA) is 66.4 Å². The Morgan fingerprint density at radius 3 is 2.50 bits per heavy atom. The largest absolute Gasteiger partial charge is 0.392 e. The number of aliphatic hydroxyl groups excluding tert-OH is 1. The molecule has 1 fully saturated rings. The first kappa shape index (κ1) is 15.5. The molecule has 0 heterocycles. The van der Waals surface area contributed by atoms with E-state index in [-0.39, 0.29) is 17.5 Å². The molecule has 20 heavy (non-hydrogen) atoms. The highest BCUT2D eigenvalue weighted by molar-refractivity contribution is 7.89. The second kappa shape index (κ2) is 6.70. The predicted octanol–water partition coefficient (Wildman–Crippen LogP) is 2.43. The molecule has 0 bridgehead atoms. The summed E-state index contributed by atoms with van der Waals surface area (Å²) in [6.45, 7) is 2.15. The standard InChI is InChI=1S/C15H23NO3S/c1-12-3-2-4-14(8-5-12)16-20(18,19)15-9-6-13(11-17)7-10-15/h6-7,9-10,12,14,16-17H,2-5,8,11H2,1H3. The van der Waals surface area contributed by atoms with E-state index in [0.29, 0.717) is 11.5 Å². The molecule has 0 spiro atoms. The van der Waals surface area contributed by atoms with Gasteiger partial charge in [-0.2, -0.15) is 0 Å². The highest BCUT2D eigenvalue weighted by Crippen LogP contribution is 2.24. The van der Waals surface area contributed by atoms with E-state index >= 15 is 0 Å². The van der Waals surface area contributed by atoms with Crippen LogP contribution in [0.1, 0.15) is 44.6 Å². The minimum Gasteiger partial charge on any atom is -0.392 e. The predicted molar refractivity (Wildman–Crippen MR) is 78.7 cm³/mol. The molecule has 0 aromatic heterocycles. The normalized spacial score (nSPS) is 24.3. The van der Waals surface area contributed by atoms with Crippen LogP contribution in [0.5, 0.6) is 0 Å². The summed E-state index contributed by atoms with van der Waals surface area (Å²) in [4.78, 5) is 0.270. The van der Waals surface area contributed by atoms with Crippen molar-refractivity contribution in [3.8, 4) is 0 Å². The Morgan fingerprint density at radius 2 is 1.85 bits per heavy atom. The van der Waals surface area contributed by atoms with E-state index < -0.39 is 10.0 Å². The first-order chi connectivity index (χ1) is 9.51. The minimum atomic E-state index is -3.45. The third kappa shape index (κ3) is 4.04. The number of hydrogen-bond acceptors (Lipinski definition) is 3. The van der Waals surface area contributed by atoms with Crippen LogP contribution in [0.4, 0.5) is 0 Å². The van der Waals surface area contributed by atoms with E-state index in [4.69, 9.17) is 5.11 Å². The maximum absolute atomic E-state index is 12.3. The fourth-order valence-electron chi connectivity index (χ4n) is 2.67. The summed E-state index contributed by atoms with van der Waals surface area (Å²) in [5, 5.41) is 8.98. The molecule has 2 unspecified atom stereocenters. The Bertz CT molecular complexity index is 525. The SMILES string of the molecule is CC1CCCC(NS(=O)(=O)c2ccc(CO)cc2)CC1. The van der Waals surface area contributed by atoms with Crippen molar-refractivity contribution >= 4 is 10.0 Å². The van der Waals surface area contributed by atoms with Gasteiger partial charge >= 0.3 is 0 Å². The summed E-state index contributed by atoms with van der Waals surface area (Å²) >= 11 is 0. The van der Waals surface area contributed by atoms with Crippen LogP contribution in [0.15, 0.2) is 29.2 Å². The fraction of sp³-hybridized carbons (Fsp3) is 0.600. The van der Waals surface area contributed by atoms with Crippen LogP contribution < -0.4 is 4.72 Å². The van der Waals surface area contributed by atoms with Gasteiger partial charge in [0.05, 0.1) is 11.5 Å². The van der Waals surface area contributed by atoms with Crippen LogP contribution in [0.2, 0.25) is 0 Å². The van der Waals surface area contributed by atoms with E-state index in [1.807, 2.05) is 0 Å².